The summed E-state index contributed by atoms with van der Waals surface area (Å²) in [5, 5.41) is 11.2. The summed E-state index contributed by atoms with van der Waals surface area (Å²) in [5.74, 6) is 0.275. The van der Waals surface area contributed by atoms with E-state index in [4.69, 9.17) is 16.1 Å². The van der Waals surface area contributed by atoms with Crippen LogP contribution in [0.1, 0.15) is 16.1 Å². The average Bonchev–Trinajstić information content (AvgIpc) is 3.17. The van der Waals surface area contributed by atoms with E-state index < -0.39 is 0 Å². The smallest absolute Gasteiger partial charge is 0.273 e. The molecule has 106 valence electrons. The fourth-order valence-corrected chi connectivity index (χ4v) is 2.59. The van der Waals surface area contributed by atoms with Gasteiger partial charge in [0.1, 0.15) is 0 Å². The Labute approximate surface area is 130 Å². The summed E-state index contributed by atoms with van der Waals surface area (Å²) < 4.78 is 5.20. The first-order valence-corrected chi connectivity index (χ1v) is 7.56. The van der Waals surface area contributed by atoms with Crippen molar-refractivity contribution in [2.75, 3.05) is 0 Å². The highest BCUT2D eigenvalue weighted by molar-refractivity contribution is 7.07. The molecular formula is C15H11ClN2O2S. The van der Waals surface area contributed by atoms with Crippen LogP contribution in [-0.2, 0) is 6.54 Å². The maximum Gasteiger partial charge on any atom is 0.273 e. The highest BCUT2D eigenvalue weighted by Crippen LogP contribution is 2.22. The van der Waals surface area contributed by atoms with Crippen LogP contribution in [0.15, 0.2) is 51.7 Å². The molecule has 0 aliphatic rings. The second-order valence-corrected chi connectivity index (χ2v) is 5.61. The summed E-state index contributed by atoms with van der Waals surface area (Å²) in [6.07, 6.45) is 0. The van der Waals surface area contributed by atoms with Gasteiger partial charge in [0.15, 0.2) is 11.5 Å². The number of nitrogens with one attached hydrogen (secondary N) is 1. The first kappa shape index (κ1) is 13.9. The Kier molecular flexibility index (Phi) is 4.03. The van der Waals surface area contributed by atoms with Crippen LogP contribution < -0.4 is 5.32 Å². The fraction of sp³-hybridized carbons (Fsp3) is 0.0667. The Morgan fingerprint density at radius 1 is 1.29 bits per heavy atom. The Bertz CT molecular complexity index is 735. The molecule has 0 saturated heterocycles. The number of carbonyl (C=O) groups is 1. The molecule has 2 heterocycles. The third kappa shape index (κ3) is 3.32. The summed E-state index contributed by atoms with van der Waals surface area (Å²) in [7, 11) is 0. The van der Waals surface area contributed by atoms with Crippen molar-refractivity contribution in [2.45, 2.75) is 6.54 Å². The summed E-state index contributed by atoms with van der Waals surface area (Å²) in [5.41, 5.74) is 2.15. The monoisotopic (exact) mass is 318 g/mol. The molecule has 21 heavy (non-hydrogen) atoms. The molecule has 0 saturated carbocycles. The number of benzene rings is 1. The SMILES string of the molecule is O=C(NCc1ccsc1)c1cc(-c2ccc(Cl)cc2)on1. The molecule has 0 radical (unpaired) electrons. The van der Waals surface area contributed by atoms with E-state index in [0.717, 1.165) is 11.1 Å². The van der Waals surface area contributed by atoms with Gasteiger partial charge in [-0.2, -0.15) is 11.3 Å². The van der Waals surface area contributed by atoms with E-state index in [1.165, 1.54) is 0 Å². The number of hydrogen-bond donors (Lipinski definition) is 1. The molecule has 4 nitrogen and oxygen atoms in total. The number of halogens is 1. The predicted molar refractivity (Wildman–Crippen MR) is 82.4 cm³/mol. The van der Waals surface area contributed by atoms with Crippen LogP contribution in [0.3, 0.4) is 0 Å². The minimum Gasteiger partial charge on any atom is -0.355 e. The number of aromatic nitrogens is 1. The van der Waals surface area contributed by atoms with Gasteiger partial charge in [-0.25, -0.2) is 0 Å². The van der Waals surface area contributed by atoms with Gasteiger partial charge in [-0.05, 0) is 46.7 Å². The lowest BCUT2D eigenvalue weighted by Crippen LogP contribution is -2.22. The first-order valence-electron chi connectivity index (χ1n) is 6.24. The predicted octanol–water partition coefficient (Wildman–Crippen LogP) is 3.99. The third-order valence-corrected chi connectivity index (χ3v) is 3.89. The van der Waals surface area contributed by atoms with E-state index in [1.807, 2.05) is 29.0 Å². The number of carbonyl (C=O) groups excluding carboxylic acids is 1. The second-order valence-electron chi connectivity index (χ2n) is 4.40. The van der Waals surface area contributed by atoms with Crippen molar-refractivity contribution >= 4 is 28.8 Å². The quantitative estimate of drug-likeness (QED) is 0.791. The van der Waals surface area contributed by atoms with Gasteiger partial charge in [0, 0.05) is 23.2 Å². The number of rotatable bonds is 4. The van der Waals surface area contributed by atoms with Gasteiger partial charge in [-0.3, -0.25) is 4.79 Å². The van der Waals surface area contributed by atoms with Gasteiger partial charge in [0.25, 0.3) is 5.91 Å². The largest absolute Gasteiger partial charge is 0.355 e. The third-order valence-electron chi connectivity index (χ3n) is 2.90. The van der Waals surface area contributed by atoms with Crippen LogP contribution >= 0.6 is 22.9 Å². The van der Waals surface area contributed by atoms with Crippen molar-refractivity contribution in [3.8, 4) is 11.3 Å². The van der Waals surface area contributed by atoms with E-state index >= 15 is 0 Å². The van der Waals surface area contributed by atoms with Gasteiger partial charge >= 0.3 is 0 Å². The first-order chi connectivity index (χ1) is 10.2. The Morgan fingerprint density at radius 2 is 2.10 bits per heavy atom. The van der Waals surface area contributed by atoms with Crippen molar-refractivity contribution < 1.29 is 9.32 Å². The van der Waals surface area contributed by atoms with Gasteiger partial charge in [0.05, 0.1) is 0 Å². The molecule has 6 heteroatoms. The topological polar surface area (TPSA) is 55.1 Å². The Hall–Kier alpha value is -2.11. The van der Waals surface area contributed by atoms with Crippen LogP contribution in [0.4, 0.5) is 0 Å². The number of amides is 1. The molecule has 0 aliphatic heterocycles. The van der Waals surface area contributed by atoms with Crippen LogP contribution in [0.5, 0.6) is 0 Å². The van der Waals surface area contributed by atoms with E-state index in [2.05, 4.69) is 10.5 Å². The number of hydrogen-bond acceptors (Lipinski definition) is 4. The number of nitrogens with zero attached hydrogens (tertiary/aromatic N) is 1. The molecule has 0 fully saturated rings. The molecule has 3 aromatic rings. The molecule has 0 spiro atoms. The normalized spacial score (nSPS) is 10.5. The fourth-order valence-electron chi connectivity index (χ4n) is 1.80. The zero-order valence-electron chi connectivity index (χ0n) is 10.9. The highest BCUT2D eigenvalue weighted by atomic mass is 35.5. The van der Waals surface area contributed by atoms with Crippen LogP contribution in [-0.4, -0.2) is 11.1 Å². The lowest BCUT2D eigenvalue weighted by molar-refractivity contribution is 0.0942. The minimum absolute atomic E-state index is 0.259. The van der Waals surface area contributed by atoms with Crippen LogP contribution in [0.25, 0.3) is 11.3 Å². The molecule has 0 aliphatic carbocycles. The average molecular weight is 319 g/mol. The maximum atomic E-state index is 12.0. The summed E-state index contributed by atoms with van der Waals surface area (Å²) in [6, 6.07) is 10.7. The number of thiophene rings is 1. The molecule has 0 unspecified atom stereocenters. The van der Waals surface area contributed by atoms with Gasteiger partial charge < -0.3 is 9.84 Å². The zero-order valence-corrected chi connectivity index (χ0v) is 12.4. The maximum absolute atomic E-state index is 12.0. The molecule has 0 bridgehead atoms. The van der Waals surface area contributed by atoms with Crippen molar-refractivity contribution in [3.63, 3.8) is 0 Å². The van der Waals surface area contributed by atoms with E-state index in [1.54, 1.807) is 29.5 Å². The molecule has 0 atom stereocenters. The van der Waals surface area contributed by atoms with Crippen LogP contribution in [0.2, 0.25) is 5.02 Å². The van der Waals surface area contributed by atoms with Crippen LogP contribution in [0, 0.1) is 0 Å². The van der Waals surface area contributed by atoms with Gasteiger partial charge in [-0.1, -0.05) is 16.8 Å². The van der Waals surface area contributed by atoms with Crippen molar-refractivity contribution in [1.29, 1.82) is 0 Å². The van der Waals surface area contributed by atoms with Crippen molar-refractivity contribution in [1.82, 2.24) is 10.5 Å². The Balaban J connectivity index is 1.69. The highest BCUT2D eigenvalue weighted by Gasteiger charge is 2.13. The molecule has 1 amide bonds. The minimum atomic E-state index is -0.259. The summed E-state index contributed by atoms with van der Waals surface area (Å²) in [6.45, 7) is 0.478. The summed E-state index contributed by atoms with van der Waals surface area (Å²) in [4.78, 5) is 12.0. The zero-order chi connectivity index (χ0) is 14.7. The summed E-state index contributed by atoms with van der Waals surface area (Å²) >= 11 is 7.43. The lowest BCUT2D eigenvalue weighted by Gasteiger charge is -1.99. The van der Waals surface area contributed by atoms with E-state index in [9.17, 15) is 4.79 Å². The lowest BCUT2D eigenvalue weighted by atomic mass is 10.1. The molecular weight excluding hydrogens is 308 g/mol. The second kappa shape index (κ2) is 6.11. The van der Waals surface area contributed by atoms with Crippen molar-refractivity contribution in [2.24, 2.45) is 0 Å². The molecule has 1 N–H and O–H groups in total. The van der Waals surface area contributed by atoms with Gasteiger partial charge in [0.2, 0.25) is 0 Å². The molecule has 2 aromatic heterocycles. The van der Waals surface area contributed by atoms with Crippen molar-refractivity contribution in [3.05, 3.63) is 63.4 Å². The molecule has 1 aromatic carbocycles. The Morgan fingerprint density at radius 3 is 2.81 bits per heavy atom. The molecule has 3 rings (SSSR count). The van der Waals surface area contributed by atoms with E-state index in [0.29, 0.717) is 17.3 Å². The van der Waals surface area contributed by atoms with Gasteiger partial charge in [-0.15, -0.1) is 0 Å². The standard InChI is InChI=1S/C15H11ClN2O2S/c16-12-3-1-11(2-4-12)14-7-13(18-20-14)15(19)17-8-10-5-6-21-9-10/h1-7,9H,8H2,(H,17,19). The van der Waals surface area contributed by atoms with E-state index in [-0.39, 0.29) is 11.6 Å².